The van der Waals surface area contributed by atoms with Gasteiger partial charge in [-0.25, -0.2) is 4.79 Å². The molecule has 2 aromatic rings. The number of likely N-dealkylation sites (tertiary alicyclic amines) is 1. The van der Waals surface area contributed by atoms with Crippen LogP contribution < -0.4 is 0 Å². The van der Waals surface area contributed by atoms with E-state index in [4.69, 9.17) is 26.2 Å². The predicted octanol–water partition coefficient (Wildman–Crippen LogP) is 4.29. The molecule has 1 spiro atoms. The van der Waals surface area contributed by atoms with Gasteiger partial charge in [0.25, 0.3) is 5.91 Å². The second-order valence-corrected chi connectivity index (χ2v) is 9.39. The molecule has 0 aliphatic carbocycles. The zero-order valence-electron chi connectivity index (χ0n) is 16.7. The summed E-state index contributed by atoms with van der Waals surface area (Å²) in [6, 6.07) is 11.1. The number of carbonyl (C=O) groups excluding carboxylic acids is 1. The number of benzene rings is 1. The quantitative estimate of drug-likeness (QED) is 0.692. The summed E-state index contributed by atoms with van der Waals surface area (Å²) >= 11 is 7.92. The molecule has 6 nitrogen and oxygen atoms in total. The van der Waals surface area contributed by atoms with Gasteiger partial charge in [-0.1, -0.05) is 17.7 Å². The number of amides is 1. The van der Waals surface area contributed by atoms with Crippen LogP contribution in [0.2, 0.25) is 5.02 Å². The van der Waals surface area contributed by atoms with E-state index >= 15 is 0 Å². The van der Waals surface area contributed by atoms with Crippen molar-refractivity contribution in [2.75, 3.05) is 18.8 Å². The van der Waals surface area contributed by atoms with E-state index in [0.29, 0.717) is 17.2 Å². The Morgan fingerprint density at radius 3 is 2.50 bits per heavy atom. The van der Waals surface area contributed by atoms with Crippen LogP contribution >= 0.6 is 23.4 Å². The van der Waals surface area contributed by atoms with E-state index in [9.17, 15) is 18.0 Å². The summed E-state index contributed by atoms with van der Waals surface area (Å²) in [6.07, 6.45) is -0.257. The number of hydrogen-bond acceptors (Lipinski definition) is 5. The molecular weight excluding hydrogens is 469 g/mol. The molecule has 1 amide bonds. The van der Waals surface area contributed by atoms with Gasteiger partial charge in [0.2, 0.25) is 0 Å². The molecule has 0 radical (unpaired) electrons. The topological polar surface area (TPSA) is 79.7 Å². The summed E-state index contributed by atoms with van der Waals surface area (Å²) in [6.45, 7) is 2.20. The Labute approximate surface area is 191 Å². The highest BCUT2D eigenvalue weighted by molar-refractivity contribution is 8.01. The van der Waals surface area contributed by atoms with Gasteiger partial charge in [0.05, 0.1) is 17.5 Å². The maximum atomic E-state index is 12.5. The maximum Gasteiger partial charge on any atom is 0.490 e. The van der Waals surface area contributed by atoms with Gasteiger partial charge in [0.1, 0.15) is 0 Å². The number of thioether (sulfide) groups is 1. The van der Waals surface area contributed by atoms with Gasteiger partial charge >= 0.3 is 12.1 Å². The van der Waals surface area contributed by atoms with Crippen LogP contribution in [0.5, 0.6) is 0 Å². The fourth-order valence-corrected chi connectivity index (χ4v) is 5.16. The standard InChI is InChI=1S/C19H19ClN2O2S.C2HF3O2/c20-16-3-1-2-15(8-16)18(23)22-12-19(13-22)9-17(11-25-19)24-10-14-4-6-21-7-5-14;3-2(4,5)1(6)7/h1-8,17H,9-13H2;(H,6,7). The van der Waals surface area contributed by atoms with Gasteiger partial charge in [0.15, 0.2) is 0 Å². The number of aromatic nitrogens is 1. The molecule has 2 saturated heterocycles. The Bertz CT molecular complexity index is 956. The highest BCUT2D eigenvalue weighted by Gasteiger charge is 2.51. The number of carboxylic acid groups (broad SMARTS) is 1. The van der Waals surface area contributed by atoms with Crippen LogP contribution in [-0.4, -0.2) is 62.7 Å². The van der Waals surface area contributed by atoms with Gasteiger partial charge in [-0.3, -0.25) is 9.78 Å². The zero-order valence-corrected chi connectivity index (χ0v) is 18.3. The first kappa shape index (κ1) is 24.3. The van der Waals surface area contributed by atoms with E-state index in [-0.39, 0.29) is 16.8 Å². The van der Waals surface area contributed by atoms with Crippen LogP contribution in [0, 0.1) is 0 Å². The Kier molecular flexibility index (Phi) is 7.68. The van der Waals surface area contributed by atoms with E-state index in [1.54, 1.807) is 24.5 Å². The fraction of sp³-hybridized carbons (Fsp3) is 0.381. The smallest absolute Gasteiger partial charge is 0.475 e. The number of alkyl halides is 3. The Balaban J connectivity index is 0.000000360. The SMILES string of the molecule is O=C(O)C(F)(F)F.O=C(c1cccc(Cl)c1)N1CC2(CC(OCc3ccncc3)CS2)C1. The average molecular weight is 489 g/mol. The number of halogens is 4. The molecule has 1 atom stereocenters. The van der Waals surface area contributed by atoms with Gasteiger partial charge in [0, 0.05) is 41.8 Å². The molecule has 2 fully saturated rings. The lowest BCUT2D eigenvalue weighted by Crippen LogP contribution is -2.60. The average Bonchev–Trinajstić information content (AvgIpc) is 3.16. The number of nitrogens with zero attached hydrogens (tertiary/aromatic N) is 2. The van der Waals surface area contributed by atoms with E-state index < -0.39 is 12.1 Å². The molecule has 4 rings (SSSR count). The normalized spacial score (nSPS) is 19.1. The van der Waals surface area contributed by atoms with Gasteiger partial charge in [-0.15, -0.1) is 11.8 Å². The first-order valence-corrected chi connectivity index (χ1v) is 10.9. The van der Waals surface area contributed by atoms with Crippen LogP contribution in [0.3, 0.4) is 0 Å². The zero-order chi connectivity index (χ0) is 23.4. The number of rotatable bonds is 4. The van der Waals surface area contributed by atoms with E-state index in [0.717, 1.165) is 30.8 Å². The van der Waals surface area contributed by atoms with Crippen LogP contribution in [0.25, 0.3) is 0 Å². The van der Waals surface area contributed by atoms with Crippen molar-refractivity contribution in [3.8, 4) is 0 Å². The molecule has 172 valence electrons. The predicted molar refractivity (Wildman–Crippen MR) is 114 cm³/mol. The molecule has 2 aliphatic heterocycles. The Hall–Kier alpha value is -2.30. The molecule has 1 N–H and O–H groups in total. The number of ether oxygens (including phenoxy) is 1. The van der Waals surface area contributed by atoms with Crippen molar-refractivity contribution in [2.24, 2.45) is 0 Å². The van der Waals surface area contributed by atoms with E-state index in [2.05, 4.69) is 4.98 Å². The van der Waals surface area contributed by atoms with Crippen molar-refractivity contribution in [3.63, 3.8) is 0 Å². The Morgan fingerprint density at radius 2 is 1.91 bits per heavy atom. The minimum atomic E-state index is -5.08. The summed E-state index contributed by atoms with van der Waals surface area (Å²) < 4.78 is 37.9. The van der Waals surface area contributed by atoms with Gasteiger partial charge in [-0.2, -0.15) is 13.2 Å². The third-order valence-corrected chi connectivity index (χ3v) is 6.78. The van der Waals surface area contributed by atoms with Crippen LogP contribution in [0.1, 0.15) is 22.3 Å². The van der Waals surface area contributed by atoms with Crippen molar-refractivity contribution >= 4 is 35.2 Å². The molecule has 0 bridgehead atoms. The van der Waals surface area contributed by atoms with Gasteiger partial charge < -0.3 is 14.7 Å². The molecule has 32 heavy (non-hydrogen) atoms. The van der Waals surface area contributed by atoms with Crippen LogP contribution in [0.15, 0.2) is 48.8 Å². The summed E-state index contributed by atoms with van der Waals surface area (Å²) in [5, 5.41) is 7.72. The minimum absolute atomic E-state index is 0.0647. The molecular formula is C21H20ClF3N2O4S. The third kappa shape index (κ3) is 6.36. The Morgan fingerprint density at radius 1 is 1.25 bits per heavy atom. The highest BCUT2D eigenvalue weighted by Crippen LogP contribution is 2.46. The molecule has 11 heteroatoms. The van der Waals surface area contributed by atoms with E-state index in [1.165, 1.54) is 0 Å². The monoisotopic (exact) mass is 488 g/mol. The lowest BCUT2D eigenvalue weighted by Gasteiger charge is -2.47. The molecule has 0 saturated carbocycles. The highest BCUT2D eigenvalue weighted by atomic mass is 35.5. The van der Waals surface area contributed by atoms with Gasteiger partial charge in [-0.05, 0) is 42.3 Å². The molecule has 2 aliphatic rings. The first-order chi connectivity index (χ1) is 15.1. The summed E-state index contributed by atoms with van der Waals surface area (Å²) in [7, 11) is 0. The van der Waals surface area contributed by atoms with Crippen molar-refractivity contribution in [2.45, 2.75) is 30.1 Å². The largest absolute Gasteiger partial charge is 0.490 e. The van der Waals surface area contributed by atoms with Crippen LogP contribution in [-0.2, 0) is 16.1 Å². The van der Waals surface area contributed by atoms with Crippen molar-refractivity contribution < 1.29 is 32.6 Å². The molecule has 1 unspecified atom stereocenters. The number of carbonyl (C=O) groups is 2. The first-order valence-electron chi connectivity index (χ1n) is 9.57. The molecule has 1 aromatic heterocycles. The molecule has 1 aromatic carbocycles. The number of aliphatic carboxylic acids is 1. The number of hydrogen-bond donors (Lipinski definition) is 1. The minimum Gasteiger partial charge on any atom is -0.475 e. The summed E-state index contributed by atoms with van der Waals surface area (Å²) in [5.74, 6) is -1.70. The summed E-state index contributed by atoms with van der Waals surface area (Å²) in [5.41, 5.74) is 1.81. The third-order valence-electron chi connectivity index (χ3n) is 4.97. The van der Waals surface area contributed by atoms with Crippen molar-refractivity contribution in [1.82, 2.24) is 9.88 Å². The number of carboxylic acids is 1. The fourth-order valence-electron chi connectivity index (χ4n) is 3.42. The molecule has 3 heterocycles. The van der Waals surface area contributed by atoms with Crippen molar-refractivity contribution in [3.05, 3.63) is 64.9 Å². The summed E-state index contributed by atoms with van der Waals surface area (Å²) in [4.78, 5) is 27.4. The lowest BCUT2D eigenvalue weighted by molar-refractivity contribution is -0.192. The number of pyridine rings is 1. The second-order valence-electron chi connectivity index (χ2n) is 7.46. The maximum absolute atomic E-state index is 12.5. The second kappa shape index (κ2) is 10.1. The van der Waals surface area contributed by atoms with Crippen molar-refractivity contribution in [1.29, 1.82) is 0 Å². The van der Waals surface area contributed by atoms with Crippen LogP contribution in [0.4, 0.5) is 13.2 Å². The van der Waals surface area contributed by atoms with E-state index in [1.807, 2.05) is 40.9 Å². The lowest BCUT2D eigenvalue weighted by atomic mass is 9.92.